The molecule has 0 saturated heterocycles. The van der Waals surface area contributed by atoms with Gasteiger partial charge < -0.3 is 5.32 Å². The first-order chi connectivity index (χ1) is 14.9. The molecule has 0 spiro atoms. The highest BCUT2D eigenvalue weighted by Gasteiger charge is 2.36. The molecule has 0 aromatic heterocycles. The molecule has 162 valence electrons. The summed E-state index contributed by atoms with van der Waals surface area (Å²) in [5, 5.41) is 3.54. The molecule has 4 amide bonds. The summed E-state index contributed by atoms with van der Waals surface area (Å²) >= 11 is 0. The summed E-state index contributed by atoms with van der Waals surface area (Å²) < 4.78 is 0. The normalized spacial score (nSPS) is 12.8. The van der Waals surface area contributed by atoms with Gasteiger partial charge in [-0.05, 0) is 62.3 Å². The van der Waals surface area contributed by atoms with Gasteiger partial charge in [0.1, 0.15) is 0 Å². The van der Waals surface area contributed by atoms with Gasteiger partial charge in [-0.15, -0.1) is 0 Å². The molecule has 8 heteroatoms. The zero-order chi connectivity index (χ0) is 22.4. The molecule has 8 nitrogen and oxygen atoms in total. The summed E-state index contributed by atoms with van der Waals surface area (Å²) in [7, 11) is 0. The van der Waals surface area contributed by atoms with Crippen LogP contribution in [-0.2, 0) is 4.79 Å². The molecule has 0 saturated carbocycles. The molecule has 0 atom stereocenters. The third-order valence-electron chi connectivity index (χ3n) is 4.89. The Balaban J connectivity index is 1.59. The van der Waals surface area contributed by atoms with E-state index in [1.807, 2.05) is 0 Å². The van der Waals surface area contributed by atoms with Gasteiger partial charge in [-0.3, -0.25) is 29.5 Å². The van der Waals surface area contributed by atoms with E-state index >= 15 is 0 Å². The van der Waals surface area contributed by atoms with E-state index in [0.29, 0.717) is 12.2 Å². The van der Waals surface area contributed by atoms with Crippen LogP contribution in [0.25, 0.3) is 0 Å². The molecule has 3 rings (SSSR count). The number of nitrogens with one attached hydrogen (secondary N) is 2. The van der Waals surface area contributed by atoms with Crippen LogP contribution in [0, 0.1) is 0 Å². The van der Waals surface area contributed by atoms with Gasteiger partial charge >= 0.3 is 0 Å². The van der Waals surface area contributed by atoms with E-state index in [-0.39, 0.29) is 22.6 Å². The van der Waals surface area contributed by atoms with Crippen LogP contribution >= 0.6 is 0 Å². The number of anilines is 1. The maximum Gasteiger partial charge on any atom is 0.280 e. The Bertz CT molecular complexity index is 946. The van der Waals surface area contributed by atoms with E-state index in [4.69, 9.17) is 0 Å². The van der Waals surface area contributed by atoms with Crippen LogP contribution < -0.4 is 10.7 Å². The summed E-state index contributed by atoms with van der Waals surface area (Å²) in [4.78, 5) is 51.6. The number of benzene rings is 2. The number of hydrogen-bond donors (Lipinski definition) is 2. The zero-order valence-electron chi connectivity index (χ0n) is 17.7. The number of carbonyl (C=O) groups excluding carboxylic acids is 4. The lowest BCUT2D eigenvalue weighted by atomic mass is 10.1. The summed E-state index contributed by atoms with van der Waals surface area (Å²) in [6.45, 7) is 6.18. The van der Waals surface area contributed by atoms with E-state index in [2.05, 4.69) is 29.5 Å². The first-order valence-electron chi connectivity index (χ1n) is 10.4. The monoisotopic (exact) mass is 422 g/mol. The van der Waals surface area contributed by atoms with Gasteiger partial charge in [-0.2, -0.15) is 5.01 Å². The zero-order valence-corrected chi connectivity index (χ0v) is 17.7. The molecule has 0 aliphatic carbocycles. The molecule has 2 aromatic rings. The van der Waals surface area contributed by atoms with Gasteiger partial charge in [-0.25, -0.2) is 0 Å². The fraction of sp³-hybridized carbons (Fsp3) is 0.304. The highest BCUT2D eigenvalue weighted by Crippen LogP contribution is 2.21. The Morgan fingerprint density at radius 1 is 0.871 bits per heavy atom. The Labute approximate surface area is 181 Å². The molecule has 2 N–H and O–H groups in total. The van der Waals surface area contributed by atoms with Crippen molar-refractivity contribution in [2.75, 3.05) is 25.0 Å². The van der Waals surface area contributed by atoms with E-state index in [1.165, 1.54) is 12.1 Å². The van der Waals surface area contributed by atoms with E-state index < -0.39 is 17.7 Å². The number of carbonyl (C=O) groups is 4. The Kier molecular flexibility index (Phi) is 7.15. The van der Waals surface area contributed by atoms with Crippen LogP contribution in [-0.4, -0.2) is 53.2 Å². The van der Waals surface area contributed by atoms with Crippen LogP contribution in [0.5, 0.6) is 0 Å². The third-order valence-corrected chi connectivity index (χ3v) is 4.89. The lowest BCUT2D eigenvalue weighted by molar-refractivity contribution is -0.117. The molecular formula is C23H26N4O4. The molecule has 31 heavy (non-hydrogen) atoms. The van der Waals surface area contributed by atoms with Crippen LogP contribution in [0.15, 0.2) is 48.5 Å². The predicted octanol–water partition coefficient (Wildman–Crippen LogP) is 2.69. The molecule has 2 aromatic carbocycles. The highest BCUT2D eigenvalue weighted by atomic mass is 16.2. The van der Waals surface area contributed by atoms with Crippen molar-refractivity contribution in [2.24, 2.45) is 0 Å². The Hall–Kier alpha value is -3.52. The fourth-order valence-corrected chi connectivity index (χ4v) is 3.47. The number of fused-ring (bicyclic) bond motifs is 1. The molecule has 0 fully saturated rings. The van der Waals surface area contributed by atoms with Crippen molar-refractivity contribution in [3.05, 3.63) is 65.2 Å². The number of hydrazine groups is 1. The van der Waals surface area contributed by atoms with Crippen molar-refractivity contribution in [2.45, 2.75) is 26.7 Å². The number of nitrogens with zero attached hydrogens (tertiary/aromatic N) is 2. The summed E-state index contributed by atoms with van der Waals surface area (Å²) in [6.07, 6.45) is 1.95. The summed E-state index contributed by atoms with van der Waals surface area (Å²) in [5.41, 5.74) is 3.69. The number of rotatable bonds is 9. The Morgan fingerprint density at radius 3 is 1.94 bits per heavy atom. The summed E-state index contributed by atoms with van der Waals surface area (Å²) in [5.74, 6) is -1.85. The predicted molar refractivity (Wildman–Crippen MR) is 117 cm³/mol. The lowest BCUT2D eigenvalue weighted by Crippen LogP contribution is -2.45. The highest BCUT2D eigenvalue weighted by molar-refractivity contribution is 6.22. The van der Waals surface area contributed by atoms with E-state index in [9.17, 15) is 19.2 Å². The molecule has 0 radical (unpaired) electrons. The molecular weight excluding hydrogens is 396 g/mol. The van der Waals surface area contributed by atoms with Crippen LogP contribution in [0.1, 0.15) is 57.8 Å². The average Bonchev–Trinajstić information content (AvgIpc) is 2.99. The van der Waals surface area contributed by atoms with E-state index in [1.54, 1.807) is 36.4 Å². The van der Waals surface area contributed by atoms with Crippen molar-refractivity contribution in [3.8, 4) is 0 Å². The first kappa shape index (κ1) is 22.2. The van der Waals surface area contributed by atoms with Gasteiger partial charge in [0.05, 0.1) is 17.7 Å². The molecule has 1 heterocycles. The van der Waals surface area contributed by atoms with Crippen molar-refractivity contribution in [1.29, 1.82) is 0 Å². The fourth-order valence-electron chi connectivity index (χ4n) is 3.47. The molecule has 1 aliphatic heterocycles. The van der Waals surface area contributed by atoms with Crippen molar-refractivity contribution in [3.63, 3.8) is 0 Å². The molecule has 0 bridgehead atoms. The van der Waals surface area contributed by atoms with Crippen molar-refractivity contribution in [1.82, 2.24) is 15.3 Å². The summed E-state index contributed by atoms with van der Waals surface area (Å²) in [6, 6.07) is 12.7. The number of imide groups is 1. The van der Waals surface area contributed by atoms with Gasteiger partial charge in [0, 0.05) is 11.3 Å². The van der Waals surface area contributed by atoms with E-state index in [0.717, 1.165) is 30.9 Å². The molecule has 1 aliphatic rings. The number of hydrogen-bond acceptors (Lipinski definition) is 5. The second kappa shape index (κ2) is 9.99. The lowest BCUT2D eigenvalue weighted by Gasteiger charge is -2.20. The third kappa shape index (κ3) is 5.16. The quantitative estimate of drug-likeness (QED) is 0.606. The SMILES string of the molecule is CCCN(CCC)CC(=O)Nc1ccc(C(=O)NN2C(=O)c3ccccc3C2=O)cc1. The molecule has 0 unspecified atom stereocenters. The smallest absolute Gasteiger partial charge is 0.280 e. The maximum absolute atomic E-state index is 12.5. The van der Waals surface area contributed by atoms with Gasteiger partial charge in [0.25, 0.3) is 17.7 Å². The second-order valence-corrected chi connectivity index (χ2v) is 7.33. The van der Waals surface area contributed by atoms with Gasteiger partial charge in [-0.1, -0.05) is 26.0 Å². The van der Waals surface area contributed by atoms with Crippen LogP contribution in [0.2, 0.25) is 0 Å². The average molecular weight is 422 g/mol. The van der Waals surface area contributed by atoms with Gasteiger partial charge in [0.15, 0.2) is 0 Å². The van der Waals surface area contributed by atoms with Crippen molar-refractivity contribution < 1.29 is 19.2 Å². The standard InChI is InChI=1S/C23H26N4O4/c1-3-13-26(14-4-2)15-20(28)24-17-11-9-16(10-12-17)21(29)25-27-22(30)18-7-5-6-8-19(18)23(27)31/h5-12H,3-4,13-15H2,1-2H3,(H,24,28)(H,25,29). The largest absolute Gasteiger partial charge is 0.325 e. The van der Waals surface area contributed by atoms with Crippen LogP contribution in [0.4, 0.5) is 5.69 Å². The first-order valence-corrected chi connectivity index (χ1v) is 10.4. The van der Waals surface area contributed by atoms with Crippen LogP contribution in [0.3, 0.4) is 0 Å². The Morgan fingerprint density at radius 2 is 1.42 bits per heavy atom. The minimum atomic E-state index is -0.593. The van der Waals surface area contributed by atoms with Gasteiger partial charge in [0.2, 0.25) is 5.91 Å². The minimum Gasteiger partial charge on any atom is -0.325 e. The number of amides is 4. The second-order valence-electron chi connectivity index (χ2n) is 7.33. The minimum absolute atomic E-state index is 0.120. The topological polar surface area (TPSA) is 98.8 Å². The maximum atomic E-state index is 12.5. The van der Waals surface area contributed by atoms with Crippen molar-refractivity contribution >= 4 is 29.3 Å².